The number of rotatable bonds is 8. The average Bonchev–Trinajstić information content (AvgIpc) is 3.17. The maximum absolute atomic E-state index is 12.9. The number of sulfonamides is 1. The van der Waals surface area contributed by atoms with E-state index in [0.29, 0.717) is 12.4 Å². The predicted octanol–water partition coefficient (Wildman–Crippen LogP) is 3.62. The summed E-state index contributed by atoms with van der Waals surface area (Å²) < 4.78 is 42.7. The molecule has 2 aromatic carbocycles. The minimum absolute atomic E-state index is 0.0405. The van der Waals surface area contributed by atoms with Crippen LogP contribution in [-0.4, -0.2) is 43.6 Å². The first-order valence-electron chi connectivity index (χ1n) is 8.71. The van der Waals surface area contributed by atoms with Crippen LogP contribution in [-0.2, 0) is 16.6 Å². The third kappa shape index (κ3) is 4.69. The Kier molecular flexibility index (Phi) is 6.41. The summed E-state index contributed by atoms with van der Waals surface area (Å²) in [4.78, 5) is 4.24. The molecule has 0 radical (unpaired) electrons. The zero-order chi connectivity index (χ0) is 21.0. The normalized spacial score (nSPS) is 11.6. The number of aromatic nitrogens is 2. The highest BCUT2D eigenvalue weighted by molar-refractivity contribution is 7.89. The highest BCUT2D eigenvalue weighted by Gasteiger charge is 2.27. The Balaban J connectivity index is 1.79. The van der Waals surface area contributed by atoms with Gasteiger partial charge in [0, 0.05) is 17.6 Å². The van der Waals surface area contributed by atoms with Crippen molar-refractivity contribution in [3.05, 3.63) is 53.4 Å². The molecule has 3 rings (SSSR count). The van der Waals surface area contributed by atoms with Crippen LogP contribution < -0.4 is 9.47 Å². The maximum Gasteiger partial charge on any atom is 0.247 e. The lowest BCUT2D eigenvalue weighted by Gasteiger charge is -2.17. The van der Waals surface area contributed by atoms with Crippen LogP contribution in [0.15, 0.2) is 51.9 Å². The van der Waals surface area contributed by atoms with Crippen molar-refractivity contribution >= 4 is 21.6 Å². The molecule has 0 amide bonds. The van der Waals surface area contributed by atoms with Gasteiger partial charge >= 0.3 is 0 Å². The van der Waals surface area contributed by atoms with Gasteiger partial charge in [-0.1, -0.05) is 16.8 Å². The van der Waals surface area contributed by atoms with E-state index in [2.05, 4.69) is 10.1 Å². The van der Waals surface area contributed by atoms with Crippen LogP contribution in [0.2, 0.25) is 5.02 Å². The molecule has 0 atom stereocenters. The van der Waals surface area contributed by atoms with Gasteiger partial charge in [0.15, 0.2) is 0 Å². The van der Waals surface area contributed by atoms with E-state index in [1.54, 1.807) is 30.3 Å². The molecule has 1 aromatic heterocycles. The van der Waals surface area contributed by atoms with E-state index in [1.807, 2.05) is 6.92 Å². The second-order valence-electron chi connectivity index (χ2n) is 6.03. The first-order chi connectivity index (χ1) is 13.8. The highest BCUT2D eigenvalue weighted by Crippen LogP contribution is 2.30. The molecule has 29 heavy (non-hydrogen) atoms. The zero-order valence-corrected chi connectivity index (χ0v) is 17.7. The molecule has 8 nitrogen and oxygen atoms in total. The second kappa shape index (κ2) is 8.81. The first-order valence-corrected chi connectivity index (χ1v) is 10.5. The molecule has 0 saturated carbocycles. The van der Waals surface area contributed by atoms with Gasteiger partial charge in [0.25, 0.3) is 0 Å². The zero-order valence-electron chi connectivity index (χ0n) is 16.1. The van der Waals surface area contributed by atoms with E-state index in [1.165, 1.54) is 26.3 Å². The standard InChI is InChI=1S/C19H20ClN3O5S/c1-4-27-15-8-5-13(6-9-15)19-21-18(28-22-19)12-23(2)29(24,25)17-11-14(20)7-10-16(17)26-3/h5-11H,4,12H2,1-3H3. The third-order valence-corrected chi connectivity index (χ3v) is 6.12. The van der Waals surface area contributed by atoms with Gasteiger partial charge in [-0.3, -0.25) is 0 Å². The lowest BCUT2D eigenvalue weighted by molar-refractivity contribution is 0.335. The van der Waals surface area contributed by atoms with Crippen molar-refractivity contribution in [2.75, 3.05) is 20.8 Å². The lowest BCUT2D eigenvalue weighted by atomic mass is 10.2. The second-order valence-corrected chi connectivity index (χ2v) is 8.48. The minimum Gasteiger partial charge on any atom is -0.495 e. The van der Waals surface area contributed by atoms with E-state index in [-0.39, 0.29) is 28.1 Å². The van der Waals surface area contributed by atoms with Crippen LogP contribution >= 0.6 is 11.6 Å². The summed E-state index contributed by atoms with van der Waals surface area (Å²) in [7, 11) is -1.08. The summed E-state index contributed by atoms with van der Waals surface area (Å²) >= 11 is 5.96. The first kappa shape index (κ1) is 21.1. The van der Waals surface area contributed by atoms with E-state index >= 15 is 0 Å². The number of hydrogen-bond donors (Lipinski definition) is 0. The van der Waals surface area contributed by atoms with Crippen molar-refractivity contribution in [2.24, 2.45) is 0 Å². The fraction of sp³-hybridized carbons (Fsp3) is 0.263. The van der Waals surface area contributed by atoms with Gasteiger partial charge < -0.3 is 14.0 Å². The Hall–Kier alpha value is -2.62. The molecule has 10 heteroatoms. The van der Waals surface area contributed by atoms with Gasteiger partial charge in [0.1, 0.15) is 16.4 Å². The molecule has 0 unspecified atom stereocenters. The molecule has 0 spiro atoms. The molecule has 0 fully saturated rings. The van der Waals surface area contributed by atoms with Crippen molar-refractivity contribution < 1.29 is 22.4 Å². The summed E-state index contributed by atoms with van der Waals surface area (Å²) in [5.74, 6) is 1.44. The quantitative estimate of drug-likeness (QED) is 0.531. The topological polar surface area (TPSA) is 94.8 Å². The van der Waals surface area contributed by atoms with Gasteiger partial charge in [-0.25, -0.2) is 8.42 Å². The third-order valence-electron chi connectivity index (χ3n) is 4.06. The van der Waals surface area contributed by atoms with Crippen molar-refractivity contribution in [1.29, 1.82) is 0 Å². The summed E-state index contributed by atoms with van der Waals surface area (Å²) in [5, 5.41) is 4.21. The molecule has 0 bridgehead atoms. The van der Waals surface area contributed by atoms with Crippen LogP contribution in [0.5, 0.6) is 11.5 Å². The Bertz CT molecular complexity index is 1080. The van der Waals surface area contributed by atoms with Crippen molar-refractivity contribution in [1.82, 2.24) is 14.4 Å². The van der Waals surface area contributed by atoms with Gasteiger partial charge in [-0.2, -0.15) is 9.29 Å². The lowest BCUT2D eigenvalue weighted by Crippen LogP contribution is -2.27. The molecule has 0 N–H and O–H groups in total. The van der Waals surface area contributed by atoms with Crippen LogP contribution in [0.25, 0.3) is 11.4 Å². The van der Waals surface area contributed by atoms with Crippen molar-refractivity contribution in [3.8, 4) is 22.9 Å². The number of hydrogen-bond acceptors (Lipinski definition) is 7. The van der Waals surface area contributed by atoms with E-state index in [9.17, 15) is 8.42 Å². The maximum atomic E-state index is 12.9. The number of ether oxygens (including phenoxy) is 2. The fourth-order valence-corrected chi connectivity index (χ4v) is 4.13. The SMILES string of the molecule is CCOc1ccc(-c2noc(CN(C)S(=O)(=O)c3cc(Cl)ccc3OC)n2)cc1. The van der Waals surface area contributed by atoms with E-state index in [0.717, 1.165) is 15.6 Å². The molecule has 154 valence electrons. The Labute approximate surface area is 174 Å². The molecule has 0 aliphatic heterocycles. The minimum atomic E-state index is -3.89. The Morgan fingerprint density at radius 3 is 2.55 bits per heavy atom. The van der Waals surface area contributed by atoms with Gasteiger partial charge in [0.2, 0.25) is 21.7 Å². The van der Waals surface area contributed by atoms with Crippen LogP contribution in [0, 0.1) is 0 Å². The number of methoxy groups -OCH3 is 1. The molecule has 3 aromatic rings. The summed E-state index contributed by atoms with van der Waals surface area (Å²) in [5.41, 5.74) is 0.727. The Morgan fingerprint density at radius 1 is 1.17 bits per heavy atom. The average molecular weight is 438 g/mol. The van der Waals surface area contributed by atoms with Crippen LogP contribution in [0.3, 0.4) is 0 Å². The molecule has 1 heterocycles. The van der Waals surface area contributed by atoms with E-state index < -0.39 is 10.0 Å². The van der Waals surface area contributed by atoms with E-state index in [4.69, 9.17) is 25.6 Å². The summed E-state index contributed by atoms with van der Waals surface area (Å²) in [6, 6.07) is 11.6. The fourth-order valence-electron chi connectivity index (χ4n) is 2.60. The molecule has 0 aliphatic rings. The smallest absolute Gasteiger partial charge is 0.247 e. The monoisotopic (exact) mass is 437 g/mol. The molecule has 0 saturated heterocycles. The number of halogens is 1. The van der Waals surface area contributed by atoms with Crippen LogP contribution in [0.4, 0.5) is 0 Å². The summed E-state index contributed by atoms with van der Waals surface area (Å²) in [6.07, 6.45) is 0. The van der Waals surface area contributed by atoms with Crippen LogP contribution in [0.1, 0.15) is 12.8 Å². The molecular formula is C19H20ClN3O5S. The Morgan fingerprint density at radius 2 is 1.90 bits per heavy atom. The molecule has 0 aliphatic carbocycles. The van der Waals surface area contributed by atoms with Crippen molar-refractivity contribution in [2.45, 2.75) is 18.4 Å². The van der Waals surface area contributed by atoms with Gasteiger partial charge in [-0.05, 0) is 49.4 Å². The van der Waals surface area contributed by atoms with Gasteiger partial charge in [0.05, 0.1) is 20.3 Å². The van der Waals surface area contributed by atoms with Crippen molar-refractivity contribution in [3.63, 3.8) is 0 Å². The number of benzene rings is 2. The largest absolute Gasteiger partial charge is 0.495 e. The molecular weight excluding hydrogens is 418 g/mol. The predicted molar refractivity (Wildman–Crippen MR) is 108 cm³/mol. The summed E-state index contributed by atoms with van der Waals surface area (Å²) in [6.45, 7) is 2.37. The highest BCUT2D eigenvalue weighted by atomic mass is 35.5. The van der Waals surface area contributed by atoms with Gasteiger partial charge in [-0.15, -0.1) is 0 Å². The number of nitrogens with zero attached hydrogens (tertiary/aromatic N) is 3.